The van der Waals surface area contributed by atoms with Crippen LogP contribution in [0, 0.1) is 23.3 Å². The zero-order valence-electron chi connectivity index (χ0n) is 20.4. The van der Waals surface area contributed by atoms with Crippen molar-refractivity contribution in [3.8, 4) is 33.8 Å². The largest absolute Gasteiger partial charge is 0.493 e. The maximum atomic E-state index is 14.4. The number of benzene rings is 4. The second-order valence-corrected chi connectivity index (χ2v) is 8.76. The van der Waals surface area contributed by atoms with Crippen LogP contribution >= 0.6 is 0 Å². The molecule has 0 amide bonds. The van der Waals surface area contributed by atoms with Gasteiger partial charge in [-0.15, -0.1) is 0 Å². The molecule has 0 fully saturated rings. The van der Waals surface area contributed by atoms with E-state index in [4.69, 9.17) is 9.47 Å². The van der Waals surface area contributed by atoms with Crippen molar-refractivity contribution in [3.63, 3.8) is 0 Å². The second kappa shape index (κ2) is 12.9. The van der Waals surface area contributed by atoms with Crippen LogP contribution in [0.1, 0.15) is 32.1 Å². The van der Waals surface area contributed by atoms with Crippen molar-refractivity contribution in [2.45, 2.75) is 32.1 Å². The van der Waals surface area contributed by atoms with Crippen LogP contribution in [0.3, 0.4) is 0 Å². The highest BCUT2D eigenvalue weighted by Gasteiger charge is 2.08. The van der Waals surface area contributed by atoms with E-state index in [0.29, 0.717) is 47.0 Å². The molecule has 0 aromatic heterocycles. The fraction of sp³-hybridized carbons (Fsp3) is 0.226. The highest BCUT2D eigenvalue weighted by molar-refractivity contribution is 5.65. The summed E-state index contributed by atoms with van der Waals surface area (Å²) in [7, 11) is 0. The predicted molar refractivity (Wildman–Crippen MR) is 138 cm³/mol. The summed E-state index contributed by atoms with van der Waals surface area (Å²) in [4.78, 5) is 0. The van der Waals surface area contributed by atoms with Crippen LogP contribution in [-0.2, 0) is 0 Å². The normalized spacial score (nSPS) is 10.9. The van der Waals surface area contributed by atoms with Crippen molar-refractivity contribution in [1.82, 2.24) is 0 Å². The molecular formula is C31H28F4O2. The highest BCUT2D eigenvalue weighted by Crippen LogP contribution is 2.28. The minimum atomic E-state index is -0.408. The lowest BCUT2D eigenvalue weighted by atomic mass is 10.1. The molecule has 192 valence electrons. The second-order valence-electron chi connectivity index (χ2n) is 8.76. The molecule has 0 aliphatic heterocycles. The van der Waals surface area contributed by atoms with E-state index in [-0.39, 0.29) is 11.6 Å². The number of ether oxygens (including phenoxy) is 2. The summed E-state index contributed by atoms with van der Waals surface area (Å²) in [5.41, 5.74) is 2.03. The third-order valence-corrected chi connectivity index (χ3v) is 6.02. The number of hydrogen-bond acceptors (Lipinski definition) is 2. The van der Waals surface area contributed by atoms with Crippen LogP contribution in [0.2, 0.25) is 0 Å². The zero-order chi connectivity index (χ0) is 26.0. The monoisotopic (exact) mass is 508 g/mol. The first-order valence-electron chi connectivity index (χ1n) is 12.4. The average Bonchev–Trinajstić information content (AvgIpc) is 2.89. The molecule has 4 aromatic rings. The summed E-state index contributed by atoms with van der Waals surface area (Å²) in [6, 6.07) is 20.8. The lowest BCUT2D eigenvalue weighted by Gasteiger charge is -2.10. The molecule has 37 heavy (non-hydrogen) atoms. The summed E-state index contributed by atoms with van der Waals surface area (Å²) in [6.45, 7) is 0.983. The standard InChI is InChI=1S/C31H28F4O2/c32-24-10-6-22(7-11-24)28-16-14-26(20-30(28)34)36-18-4-2-1-3-5-19-37-27-15-17-29(31(35)21-27)23-8-12-25(33)13-9-23/h6-17,20-21H,1-5,18-19H2. The quantitative estimate of drug-likeness (QED) is 0.140. The summed E-state index contributed by atoms with van der Waals surface area (Å²) in [6.07, 6.45) is 4.63. The van der Waals surface area contributed by atoms with E-state index in [0.717, 1.165) is 32.1 Å². The van der Waals surface area contributed by atoms with E-state index < -0.39 is 11.6 Å². The van der Waals surface area contributed by atoms with Crippen LogP contribution in [0.15, 0.2) is 84.9 Å². The van der Waals surface area contributed by atoms with Gasteiger partial charge in [0.1, 0.15) is 34.8 Å². The summed E-state index contributed by atoms with van der Waals surface area (Å²) in [5.74, 6) is -0.602. The number of unbranched alkanes of at least 4 members (excludes halogenated alkanes) is 4. The highest BCUT2D eigenvalue weighted by atomic mass is 19.1. The molecule has 2 nitrogen and oxygen atoms in total. The van der Waals surface area contributed by atoms with Crippen molar-refractivity contribution < 1.29 is 27.0 Å². The van der Waals surface area contributed by atoms with Crippen LogP contribution in [-0.4, -0.2) is 13.2 Å². The fourth-order valence-electron chi connectivity index (χ4n) is 4.01. The van der Waals surface area contributed by atoms with Gasteiger partial charge >= 0.3 is 0 Å². The van der Waals surface area contributed by atoms with Gasteiger partial charge in [0.25, 0.3) is 0 Å². The van der Waals surface area contributed by atoms with E-state index in [1.54, 1.807) is 48.5 Å². The third-order valence-electron chi connectivity index (χ3n) is 6.02. The van der Waals surface area contributed by atoms with Gasteiger partial charge in [0.15, 0.2) is 0 Å². The Morgan fingerprint density at radius 3 is 1.19 bits per heavy atom. The Balaban J connectivity index is 1.10. The van der Waals surface area contributed by atoms with Crippen molar-refractivity contribution in [2.75, 3.05) is 13.2 Å². The Morgan fingerprint density at radius 2 is 0.811 bits per heavy atom. The molecule has 4 rings (SSSR count). The molecular weight excluding hydrogens is 480 g/mol. The third kappa shape index (κ3) is 7.59. The van der Waals surface area contributed by atoms with Gasteiger partial charge < -0.3 is 9.47 Å². The van der Waals surface area contributed by atoms with Crippen LogP contribution < -0.4 is 9.47 Å². The van der Waals surface area contributed by atoms with Crippen molar-refractivity contribution in [1.29, 1.82) is 0 Å². The summed E-state index contributed by atoms with van der Waals surface area (Å²) in [5, 5.41) is 0. The van der Waals surface area contributed by atoms with Gasteiger partial charge in [-0.25, -0.2) is 17.6 Å². The Hall–Kier alpha value is -3.80. The van der Waals surface area contributed by atoms with Gasteiger partial charge in [-0.05, 0) is 72.5 Å². The first-order valence-corrected chi connectivity index (χ1v) is 12.4. The maximum Gasteiger partial charge on any atom is 0.134 e. The topological polar surface area (TPSA) is 18.5 Å². The predicted octanol–water partition coefficient (Wildman–Crippen LogP) is 8.99. The molecule has 0 spiro atoms. The zero-order valence-corrected chi connectivity index (χ0v) is 20.4. The van der Waals surface area contributed by atoms with E-state index in [2.05, 4.69) is 0 Å². The summed E-state index contributed by atoms with van der Waals surface area (Å²) >= 11 is 0. The van der Waals surface area contributed by atoms with E-state index >= 15 is 0 Å². The van der Waals surface area contributed by atoms with E-state index in [1.807, 2.05) is 0 Å². The number of rotatable bonds is 12. The molecule has 0 N–H and O–H groups in total. The van der Waals surface area contributed by atoms with Gasteiger partial charge in [-0.2, -0.15) is 0 Å². The lowest BCUT2D eigenvalue weighted by molar-refractivity contribution is 0.292. The summed E-state index contributed by atoms with van der Waals surface area (Å²) < 4.78 is 66.3. The molecule has 0 atom stereocenters. The van der Waals surface area contributed by atoms with Gasteiger partial charge in [0.2, 0.25) is 0 Å². The molecule has 6 heteroatoms. The average molecular weight is 509 g/mol. The van der Waals surface area contributed by atoms with Crippen LogP contribution in [0.25, 0.3) is 22.3 Å². The Labute approximate surface area is 214 Å². The number of halogens is 4. The molecule has 0 aliphatic rings. The maximum absolute atomic E-state index is 14.4. The molecule has 0 saturated carbocycles. The smallest absolute Gasteiger partial charge is 0.134 e. The molecule has 0 aliphatic carbocycles. The van der Waals surface area contributed by atoms with Crippen LogP contribution in [0.4, 0.5) is 17.6 Å². The Kier molecular flexibility index (Phi) is 9.19. The molecule has 0 heterocycles. The van der Waals surface area contributed by atoms with Gasteiger partial charge in [-0.1, -0.05) is 43.5 Å². The van der Waals surface area contributed by atoms with Crippen molar-refractivity contribution in [2.24, 2.45) is 0 Å². The minimum Gasteiger partial charge on any atom is -0.493 e. The van der Waals surface area contributed by atoms with Crippen molar-refractivity contribution >= 4 is 0 Å². The fourth-order valence-corrected chi connectivity index (χ4v) is 4.01. The Bertz CT molecular complexity index is 1190. The molecule has 0 saturated heterocycles. The van der Waals surface area contributed by atoms with Crippen molar-refractivity contribution in [3.05, 3.63) is 108 Å². The molecule has 4 aromatic carbocycles. The minimum absolute atomic E-state index is 0.360. The van der Waals surface area contributed by atoms with Gasteiger partial charge in [0.05, 0.1) is 13.2 Å². The van der Waals surface area contributed by atoms with Crippen LogP contribution in [0.5, 0.6) is 11.5 Å². The van der Waals surface area contributed by atoms with E-state index in [9.17, 15) is 17.6 Å². The SMILES string of the molecule is Fc1ccc(-c2ccc(OCCCCCCCOc3ccc(-c4ccc(F)cc4)c(F)c3)cc2F)cc1. The first-order chi connectivity index (χ1) is 18.0. The van der Waals surface area contributed by atoms with E-state index in [1.165, 1.54) is 36.4 Å². The molecule has 0 bridgehead atoms. The number of hydrogen-bond donors (Lipinski definition) is 0. The Morgan fingerprint density at radius 1 is 0.432 bits per heavy atom. The van der Waals surface area contributed by atoms with Gasteiger partial charge in [-0.3, -0.25) is 0 Å². The molecule has 0 unspecified atom stereocenters. The van der Waals surface area contributed by atoms with Gasteiger partial charge in [0, 0.05) is 23.3 Å². The lowest BCUT2D eigenvalue weighted by Crippen LogP contribution is -2.00. The molecule has 0 radical (unpaired) electrons. The first kappa shape index (κ1) is 26.3.